The predicted octanol–water partition coefficient (Wildman–Crippen LogP) is 2.92. The molecule has 0 unspecified atom stereocenters. The van der Waals surface area contributed by atoms with Gasteiger partial charge in [-0.3, -0.25) is 0 Å². The number of nitrogens with zero attached hydrogens (tertiary/aromatic N) is 1. The number of thiazole rings is 1. The quantitative estimate of drug-likeness (QED) is 0.661. The molecule has 100 valence electrons. The third-order valence-electron chi connectivity index (χ3n) is 3.95. The Morgan fingerprint density at radius 3 is 2.63 bits per heavy atom. The zero-order valence-electron chi connectivity index (χ0n) is 11.3. The third-order valence-corrected chi connectivity index (χ3v) is 5.34. The highest BCUT2D eigenvalue weighted by Gasteiger charge is 2.29. The lowest BCUT2D eigenvalue weighted by molar-refractivity contribution is -0.684. The molecule has 0 saturated heterocycles. The number of aromatic nitrogens is 1. The number of benzene rings is 1. The van der Waals surface area contributed by atoms with Crippen LogP contribution in [0.1, 0.15) is 46.5 Å². The molecule has 3 rings (SSSR count). The second kappa shape index (κ2) is 5.43. The molecule has 1 aliphatic rings. The van der Waals surface area contributed by atoms with Gasteiger partial charge in [0.05, 0.1) is 4.88 Å². The van der Waals surface area contributed by atoms with Crippen molar-refractivity contribution in [3.8, 4) is 0 Å². The second-order valence-electron chi connectivity index (χ2n) is 5.24. The molecule has 2 aromatic rings. The van der Waals surface area contributed by atoms with Gasteiger partial charge in [0.2, 0.25) is 0 Å². The summed E-state index contributed by atoms with van der Waals surface area (Å²) in [4.78, 5) is 1.48. The van der Waals surface area contributed by atoms with Crippen molar-refractivity contribution in [2.75, 3.05) is 0 Å². The van der Waals surface area contributed by atoms with Crippen LogP contribution in [0, 0.1) is 0 Å². The summed E-state index contributed by atoms with van der Waals surface area (Å²) in [6, 6.07) is 9.94. The summed E-state index contributed by atoms with van der Waals surface area (Å²) in [5, 5.41) is 11.6. The summed E-state index contributed by atoms with van der Waals surface area (Å²) in [7, 11) is 2.10. The van der Waals surface area contributed by atoms with Gasteiger partial charge in [-0.25, -0.2) is 0 Å². The molecule has 3 heteroatoms. The standard InChI is InChI=1S/C16H20NOS/c1-17-13-10-6-3-7-11-14(13)19-16(17)15(18)12-8-4-2-5-9-12/h2,4-5,8-9,15,18H,3,6-7,10-11H2,1H3/q+1/t15-/m0/s1. The van der Waals surface area contributed by atoms with Crippen molar-refractivity contribution in [2.24, 2.45) is 7.05 Å². The van der Waals surface area contributed by atoms with E-state index >= 15 is 0 Å². The minimum absolute atomic E-state index is 0.497. The normalized spacial score (nSPS) is 16.7. The Labute approximate surface area is 118 Å². The van der Waals surface area contributed by atoms with Crippen LogP contribution in [0.5, 0.6) is 0 Å². The maximum absolute atomic E-state index is 10.6. The van der Waals surface area contributed by atoms with Crippen molar-refractivity contribution in [3.63, 3.8) is 0 Å². The molecule has 1 atom stereocenters. The average molecular weight is 274 g/mol. The number of aliphatic hydroxyl groups excluding tert-OH is 1. The minimum Gasteiger partial charge on any atom is -0.377 e. The van der Waals surface area contributed by atoms with Crippen LogP contribution in [0.25, 0.3) is 0 Å². The summed E-state index contributed by atoms with van der Waals surface area (Å²) in [6.45, 7) is 0. The van der Waals surface area contributed by atoms with E-state index in [4.69, 9.17) is 0 Å². The molecule has 0 radical (unpaired) electrons. The molecular weight excluding hydrogens is 254 g/mol. The van der Waals surface area contributed by atoms with Gasteiger partial charge >= 0.3 is 0 Å². The Balaban J connectivity index is 1.98. The van der Waals surface area contributed by atoms with Crippen molar-refractivity contribution in [2.45, 2.75) is 38.2 Å². The number of aliphatic hydroxyl groups is 1. The second-order valence-corrected chi connectivity index (χ2v) is 6.36. The molecule has 2 nitrogen and oxygen atoms in total. The largest absolute Gasteiger partial charge is 0.377 e. The number of aryl methyl sites for hydroxylation is 1. The van der Waals surface area contributed by atoms with E-state index in [2.05, 4.69) is 11.6 Å². The maximum Gasteiger partial charge on any atom is 0.271 e. The summed E-state index contributed by atoms with van der Waals surface area (Å²) in [5.41, 5.74) is 2.42. The highest BCUT2D eigenvalue weighted by atomic mass is 32.1. The summed E-state index contributed by atoms with van der Waals surface area (Å²) in [5.74, 6) is 0. The van der Waals surface area contributed by atoms with Gasteiger partial charge in [-0.1, -0.05) is 48.1 Å². The van der Waals surface area contributed by atoms with Crippen LogP contribution in [-0.2, 0) is 19.9 Å². The van der Waals surface area contributed by atoms with Gasteiger partial charge in [-0.15, -0.1) is 0 Å². The first-order chi connectivity index (χ1) is 9.27. The van der Waals surface area contributed by atoms with E-state index in [0.29, 0.717) is 0 Å². The molecule has 0 spiro atoms. The van der Waals surface area contributed by atoms with Crippen molar-refractivity contribution in [1.29, 1.82) is 0 Å². The smallest absolute Gasteiger partial charge is 0.271 e. The molecule has 0 saturated carbocycles. The van der Waals surface area contributed by atoms with E-state index in [9.17, 15) is 5.11 Å². The molecule has 1 aliphatic carbocycles. The van der Waals surface area contributed by atoms with Crippen LogP contribution >= 0.6 is 11.3 Å². The zero-order valence-corrected chi connectivity index (χ0v) is 12.1. The van der Waals surface area contributed by atoms with Gasteiger partial charge < -0.3 is 5.11 Å². The lowest BCUT2D eigenvalue weighted by Gasteiger charge is -2.05. The van der Waals surface area contributed by atoms with Crippen LogP contribution in [0.4, 0.5) is 0 Å². The van der Waals surface area contributed by atoms with E-state index in [0.717, 1.165) is 17.0 Å². The lowest BCUT2D eigenvalue weighted by atomic mass is 10.1. The third kappa shape index (κ3) is 2.45. The Morgan fingerprint density at radius 1 is 1.11 bits per heavy atom. The maximum atomic E-state index is 10.6. The number of fused-ring (bicyclic) bond motifs is 1. The van der Waals surface area contributed by atoms with E-state index < -0.39 is 6.10 Å². The van der Waals surface area contributed by atoms with E-state index in [1.54, 1.807) is 11.3 Å². The monoisotopic (exact) mass is 274 g/mol. The number of hydrogen-bond donors (Lipinski definition) is 1. The summed E-state index contributed by atoms with van der Waals surface area (Å²) >= 11 is 1.79. The molecule has 1 aromatic heterocycles. The number of rotatable bonds is 2. The van der Waals surface area contributed by atoms with Crippen molar-refractivity contribution < 1.29 is 9.67 Å². The van der Waals surface area contributed by atoms with E-state index in [-0.39, 0.29) is 0 Å². The van der Waals surface area contributed by atoms with Gasteiger partial charge in [-0.2, -0.15) is 4.57 Å². The first kappa shape index (κ1) is 12.8. The van der Waals surface area contributed by atoms with Crippen LogP contribution in [0.3, 0.4) is 0 Å². The van der Waals surface area contributed by atoms with Gasteiger partial charge in [0.25, 0.3) is 5.01 Å². The van der Waals surface area contributed by atoms with E-state index in [1.165, 1.54) is 36.3 Å². The fraction of sp³-hybridized carbons (Fsp3) is 0.438. The van der Waals surface area contributed by atoms with Gasteiger partial charge in [0, 0.05) is 6.42 Å². The molecule has 0 amide bonds. The zero-order chi connectivity index (χ0) is 13.2. The molecular formula is C16H20NOS+. The average Bonchev–Trinajstić information content (AvgIpc) is 2.64. The van der Waals surface area contributed by atoms with Crippen molar-refractivity contribution in [1.82, 2.24) is 0 Å². The van der Waals surface area contributed by atoms with Gasteiger partial charge in [0.1, 0.15) is 7.05 Å². The van der Waals surface area contributed by atoms with Gasteiger partial charge in [-0.05, 0) is 24.8 Å². The van der Waals surface area contributed by atoms with Gasteiger partial charge in [0.15, 0.2) is 11.8 Å². The van der Waals surface area contributed by atoms with Crippen LogP contribution in [0.2, 0.25) is 0 Å². The predicted molar refractivity (Wildman–Crippen MR) is 77.3 cm³/mol. The molecule has 1 aromatic carbocycles. The fourth-order valence-corrected chi connectivity index (χ4v) is 4.20. The molecule has 0 fully saturated rings. The summed E-state index contributed by atoms with van der Waals surface area (Å²) in [6.07, 6.45) is 5.73. The van der Waals surface area contributed by atoms with Crippen LogP contribution in [-0.4, -0.2) is 5.11 Å². The topological polar surface area (TPSA) is 24.1 Å². The number of hydrogen-bond acceptors (Lipinski definition) is 2. The highest BCUT2D eigenvalue weighted by Crippen LogP contribution is 2.30. The Kier molecular flexibility index (Phi) is 3.67. The fourth-order valence-electron chi connectivity index (χ4n) is 2.85. The van der Waals surface area contributed by atoms with Crippen LogP contribution in [0.15, 0.2) is 30.3 Å². The lowest BCUT2D eigenvalue weighted by Crippen LogP contribution is -2.36. The molecule has 0 aliphatic heterocycles. The Morgan fingerprint density at radius 2 is 1.84 bits per heavy atom. The summed E-state index contributed by atoms with van der Waals surface area (Å²) < 4.78 is 2.23. The Bertz CT molecular complexity index is 562. The van der Waals surface area contributed by atoms with Crippen LogP contribution < -0.4 is 4.57 Å². The highest BCUT2D eigenvalue weighted by molar-refractivity contribution is 7.11. The first-order valence-electron chi connectivity index (χ1n) is 7.01. The van der Waals surface area contributed by atoms with Crippen molar-refractivity contribution >= 4 is 11.3 Å². The Hall–Kier alpha value is -1.19. The molecule has 19 heavy (non-hydrogen) atoms. The molecule has 1 N–H and O–H groups in total. The molecule has 1 heterocycles. The SMILES string of the molecule is C[n+]1c([C@@H](O)c2ccccc2)sc2c1CCCCC2. The van der Waals surface area contributed by atoms with E-state index in [1.807, 2.05) is 30.3 Å². The van der Waals surface area contributed by atoms with Crippen molar-refractivity contribution in [3.05, 3.63) is 51.5 Å². The minimum atomic E-state index is -0.497. The first-order valence-corrected chi connectivity index (χ1v) is 7.82. The molecule has 0 bridgehead atoms.